The molecule has 0 saturated carbocycles. The van der Waals surface area contributed by atoms with Crippen LogP contribution in [0.3, 0.4) is 0 Å². The molecule has 6 heteroatoms. The highest BCUT2D eigenvalue weighted by atomic mass is 16.6. The molecule has 0 radical (unpaired) electrons. The van der Waals surface area contributed by atoms with E-state index in [1.807, 2.05) is 0 Å². The Morgan fingerprint density at radius 2 is 2.18 bits per heavy atom. The molecule has 1 unspecified atom stereocenters. The maximum absolute atomic E-state index is 10.9. The van der Waals surface area contributed by atoms with E-state index in [9.17, 15) is 10.1 Å². The molecule has 0 saturated heterocycles. The van der Waals surface area contributed by atoms with E-state index in [0.29, 0.717) is 24.3 Å². The van der Waals surface area contributed by atoms with Gasteiger partial charge in [0.2, 0.25) is 0 Å². The van der Waals surface area contributed by atoms with Crippen molar-refractivity contribution >= 4 is 5.69 Å². The van der Waals surface area contributed by atoms with Crippen LogP contribution >= 0.6 is 0 Å². The number of hydrogen-bond acceptors (Lipinski definition) is 5. The second-order valence-corrected chi connectivity index (χ2v) is 3.67. The topological polar surface area (TPSA) is 87.6 Å². The lowest BCUT2D eigenvalue weighted by Gasteiger charge is -2.11. The molecule has 1 rings (SSSR count). The lowest BCUT2D eigenvalue weighted by Crippen LogP contribution is -2.28. The monoisotopic (exact) mass is 240 g/mol. The largest absolute Gasteiger partial charge is 0.497 e. The quantitative estimate of drug-likeness (QED) is 0.594. The SMILES string of the molecule is COCC(N)Cc1cc(OC)ccc1[N+](=O)[O-]. The fourth-order valence-corrected chi connectivity index (χ4v) is 1.59. The highest BCUT2D eigenvalue weighted by molar-refractivity contribution is 5.45. The highest BCUT2D eigenvalue weighted by Gasteiger charge is 2.17. The van der Waals surface area contributed by atoms with Crippen molar-refractivity contribution in [1.29, 1.82) is 0 Å². The van der Waals surface area contributed by atoms with Gasteiger partial charge >= 0.3 is 0 Å². The van der Waals surface area contributed by atoms with Crippen molar-refractivity contribution in [3.8, 4) is 5.75 Å². The van der Waals surface area contributed by atoms with E-state index >= 15 is 0 Å². The van der Waals surface area contributed by atoms with Crippen LogP contribution in [0.15, 0.2) is 18.2 Å². The number of hydrogen-bond donors (Lipinski definition) is 1. The number of nitro groups is 1. The first-order valence-corrected chi connectivity index (χ1v) is 5.14. The van der Waals surface area contributed by atoms with Crippen LogP contribution in [0.25, 0.3) is 0 Å². The minimum Gasteiger partial charge on any atom is -0.497 e. The summed E-state index contributed by atoms with van der Waals surface area (Å²) in [5.41, 5.74) is 6.40. The molecule has 94 valence electrons. The Kier molecular flexibility index (Phi) is 4.86. The van der Waals surface area contributed by atoms with Gasteiger partial charge in [-0.2, -0.15) is 0 Å². The molecule has 0 fully saturated rings. The zero-order chi connectivity index (χ0) is 12.8. The van der Waals surface area contributed by atoms with Crippen LogP contribution in [0.1, 0.15) is 5.56 Å². The number of benzene rings is 1. The molecule has 0 aliphatic carbocycles. The fraction of sp³-hybridized carbons (Fsp3) is 0.455. The molecular weight excluding hydrogens is 224 g/mol. The van der Waals surface area contributed by atoms with Gasteiger partial charge in [0, 0.05) is 24.8 Å². The van der Waals surface area contributed by atoms with E-state index < -0.39 is 4.92 Å². The number of ether oxygens (including phenoxy) is 2. The molecule has 0 amide bonds. The van der Waals surface area contributed by atoms with Crippen LogP contribution in [-0.4, -0.2) is 31.8 Å². The number of rotatable bonds is 6. The van der Waals surface area contributed by atoms with Crippen molar-refractivity contribution in [2.75, 3.05) is 20.8 Å². The van der Waals surface area contributed by atoms with Crippen molar-refractivity contribution < 1.29 is 14.4 Å². The second kappa shape index (κ2) is 6.17. The second-order valence-electron chi connectivity index (χ2n) is 3.67. The predicted molar refractivity (Wildman–Crippen MR) is 63.2 cm³/mol. The Bertz CT molecular complexity index is 395. The van der Waals surface area contributed by atoms with Gasteiger partial charge in [-0.05, 0) is 18.6 Å². The molecule has 0 heterocycles. The molecule has 0 spiro atoms. The summed E-state index contributed by atoms with van der Waals surface area (Å²) in [6.45, 7) is 0.356. The molecule has 2 N–H and O–H groups in total. The van der Waals surface area contributed by atoms with Gasteiger partial charge in [0.1, 0.15) is 5.75 Å². The zero-order valence-electron chi connectivity index (χ0n) is 9.88. The van der Waals surface area contributed by atoms with Crippen molar-refractivity contribution in [1.82, 2.24) is 0 Å². The maximum Gasteiger partial charge on any atom is 0.272 e. The van der Waals surface area contributed by atoms with E-state index in [4.69, 9.17) is 15.2 Å². The Labute approximate surface area is 99.5 Å². The molecule has 17 heavy (non-hydrogen) atoms. The van der Waals surface area contributed by atoms with Crippen LogP contribution in [0.5, 0.6) is 5.75 Å². The van der Waals surface area contributed by atoms with Gasteiger partial charge in [0.15, 0.2) is 0 Å². The standard InChI is InChI=1S/C11H16N2O4/c1-16-7-9(12)5-8-6-10(17-2)3-4-11(8)13(14)15/h3-4,6,9H,5,7,12H2,1-2H3. The molecule has 1 aromatic rings. The lowest BCUT2D eigenvalue weighted by atomic mass is 10.0. The summed E-state index contributed by atoms with van der Waals surface area (Å²) in [5.74, 6) is 0.579. The maximum atomic E-state index is 10.9. The third-order valence-electron chi connectivity index (χ3n) is 2.35. The van der Waals surface area contributed by atoms with Crippen LogP contribution in [0, 0.1) is 10.1 Å². The van der Waals surface area contributed by atoms with Crippen LogP contribution in [0.4, 0.5) is 5.69 Å². The predicted octanol–water partition coefficient (Wildman–Crippen LogP) is 1.12. The van der Waals surface area contributed by atoms with E-state index in [0.717, 1.165) is 0 Å². The molecule has 1 atom stereocenters. The molecule has 0 bridgehead atoms. The molecule has 0 aromatic heterocycles. The summed E-state index contributed by atoms with van der Waals surface area (Å²) in [5, 5.41) is 10.9. The minimum absolute atomic E-state index is 0.0531. The average Bonchev–Trinajstić information content (AvgIpc) is 2.28. The van der Waals surface area contributed by atoms with Crippen molar-refractivity contribution in [3.05, 3.63) is 33.9 Å². The van der Waals surface area contributed by atoms with Crippen molar-refractivity contribution in [2.24, 2.45) is 5.73 Å². The Balaban J connectivity index is 2.96. The third kappa shape index (κ3) is 3.69. The summed E-state index contributed by atoms with van der Waals surface area (Å²) >= 11 is 0. The van der Waals surface area contributed by atoms with Crippen LogP contribution in [-0.2, 0) is 11.2 Å². The Hall–Kier alpha value is -1.66. The van der Waals surface area contributed by atoms with Crippen LogP contribution in [0.2, 0.25) is 0 Å². The molecule has 0 aliphatic rings. The first-order valence-electron chi connectivity index (χ1n) is 5.14. The smallest absolute Gasteiger partial charge is 0.272 e. The molecular formula is C11H16N2O4. The van der Waals surface area contributed by atoms with E-state index in [1.54, 1.807) is 19.2 Å². The summed E-state index contributed by atoms with van der Waals surface area (Å²) in [7, 11) is 3.06. The molecule has 0 aliphatic heterocycles. The minimum atomic E-state index is -0.422. The first-order chi connectivity index (χ1) is 8.08. The van der Waals surface area contributed by atoms with Gasteiger partial charge in [0.05, 0.1) is 18.6 Å². The lowest BCUT2D eigenvalue weighted by molar-refractivity contribution is -0.385. The highest BCUT2D eigenvalue weighted by Crippen LogP contribution is 2.24. The summed E-state index contributed by atoms with van der Waals surface area (Å²) in [6.07, 6.45) is 0.376. The average molecular weight is 240 g/mol. The van der Waals surface area contributed by atoms with Gasteiger partial charge in [-0.1, -0.05) is 0 Å². The summed E-state index contributed by atoms with van der Waals surface area (Å²) in [6, 6.07) is 4.34. The zero-order valence-corrected chi connectivity index (χ0v) is 9.88. The molecule has 6 nitrogen and oxygen atoms in total. The van der Waals surface area contributed by atoms with Gasteiger partial charge in [-0.15, -0.1) is 0 Å². The number of nitrogens with two attached hydrogens (primary N) is 1. The number of nitro benzene ring substituents is 1. The van der Waals surface area contributed by atoms with Gasteiger partial charge < -0.3 is 15.2 Å². The van der Waals surface area contributed by atoms with Crippen LogP contribution < -0.4 is 10.5 Å². The van der Waals surface area contributed by atoms with Crippen molar-refractivity contribution in [2.45, 2.75) is 12.5 Å². The normalized spacial score (nSPS) is 12.2. The van der Waals surface area contributed by atoms with Gasteiger partial charge in [-0.25, -0.2) is 0 Å². The van der Waals surface area contributed by atoms with Crippen molar-refractivity contribution in [3.63, 3.8) is 0 Å². The molecule has 1 aromatic carbocycles. The summed E-state index contributed by atoms with van der Waals surface area (Å²) in [4.78, 5) is 10.4. The Morgan fingerprint density at radius 1 is 1.47 bits per heavy atom. The number of nitrogens with zero attached hydrogens (tertiary/aromatic N) is 1. The first kappa shape index (κ1) is 13.4. The van der Waals surface area contributed by atoms with Gasteiger partial charge in [0.25, 0.3) is 5.69 Å². The summed E-state index contributed by atoms with van der Waals surface area (Å²) < 4.78 is 9.94. The fourth-order valence-electron chi connectivity index (χ4n) is 1.59. The third-order valence-corrected chi connectivity index (χ3v) is 2.35. The number of methoxy groups -OCH3 is 2. The Morgan fingerprint density at radius 3 is 2.71 bits per heavy atom. The van der Waals surface area contributed by atoms with Gasteiger partial charge in [-0.3, -0.25) is 10.1 Å². The van der Waals surface area contributed by atoms with E-state index in [2.05, 4.69) is 0 Å². The van der Waals surface area contributed by atoms with E-state index in [1.165, 1.54) is 13.2 Å². The van der Waals surface area contributed by atoms with E-state index in [-0.39, 0.29) is 11.7 Å².